The molecule has 0 aliphatic carbocycles. The van der Waals surface area contributed by atoms with E-state index < -0.39 is 10.0 Å². The number of ether oxygens (including phenoxy) is 2. The SMILES string of the molecule is CCn1c(SCc2cccc(OC)c2)nc2cc(S(=O)(=O)N3CCOCC3)ccc21. The predicted octanol–water partition coefficient (Wildman–Crippen LogP) is 3.38. The van der Waals surface area contributed by atoms with Gasteiger partial charge in [-0.15, -0.1) is 0 Å². The molecule has 0 amide bonds. The Morgan fingerprint density at radius 3 is 2.70 bits per heavy atom. The van der Waals surface area contributed by atoms with E-state index >= 15 is 0 Å². The summed E-state index contributed by atoms with van der Waals surface area (Å²) in [6.45, 7) is 4.44. The number of hydrogen-bond acceptors (Lipinski definition) is 6. The number of benzene rings is 2. The van der Waals surface area contributed by atoms with Crippen LogP contribution >= 0.6 is 11.8 Å². The minimum absolute atomic E-state index is 0.280. The van der Waals surface area contributed by atoms with E-state index in [4.69, 9.17) is 14.5 Å². The van der Waals surface area contributed by atoms with Crippen molar-refractivity contribution >= 4 is 32.8 Å². The van der Waals surface area contributed by atoms with Crippen molar-refractivity contribution in [1.82, 2.24) is 13.9 Å². The van der Waals surface area contributed by atoms with Crippen LogP contribution in [0.3, 0.4) is 0 Å². The van der Waals surface area contributed by atoms with Crippen LogP contribution in [0.4, 0.5) is 0 Å². The Morgan fingerprint density at radius 2 is 1.97 bits per heavy atom. The molecule has 0 atom stereocenters. The monoisotopic (exact) mass is 447 g/mol. The van der Waals surface area contributed by atoms with E-state index in [1.807, 2.05) is 24.3 Å². The van der Waals surface area contributed by atoms with Gasteiger partial charge in [0.25, 0.3) is 0 Å². The summed E-state index contributed by atoms with van der Waals surface area (Å²) in [4.78, 5) is 5.03. The quantitative estimate of drug-likeness (QED) is 0.517. The molecule has 7 nitrogen and oxygen atoms in total. The van der Waals surface area contributed by atoms with Crippen LogP contribution in [0.25, 0.3) is 11.0 Å². The zero-order valence-electron chi connectivity index (χ0n) is 17.1. The Kier molecular flexibility index (Phi) is 6.33. The lowest BCUT2D eigenvalue weighted by molar-refractivity contribution is 0.0730. The molecule has 9 heteroatoms. The summed E-state index contributed by atoms with van der Waals surface area (Å²) >= 11 is 1.63. The lowest BCUT2D eigenvalue weighted by Crippen LogP contribution is -2.40. The number of hydrogen-bond donors (Lipinski definition) is 0. The second kappa shape index (κ2) is 8.97. The van der Waals surface area contributed by atoms with E-state index in [9.17, 15) is 8.42 Å². The number of rotatable bonds is 7. The van der Waals surface area contributed by atoms with E-state index in [1.165, 1.54) is 4.31 Å². The van der Waals surface area contributed by atoms with Gasteiger partial charge in [0, 0.05) is 25.4 Å². The number of imidazole rings is 1. The molecule has 30 heavy (non-hydrogen) atoms. The molecule has 0 N–H and O–H groups in total. The summed E-state index contributed by atoms with van der Waals surface area (Å²) in [6.07, 6.45) is 0. The van der Waals surface area contributed by atoms with Crippen molar-refractivity contribution in [2.75, 3.05) is 33.4 Å². The summed E-state index contributed by atoms with van der Waals surface area (Å²) in [5, 5.41) is 0.872. The van der Waals surface area contributed by atoms with Crippen LogP contribution in [0.1, 0.15) is 12.5 Å². The molecule has 1 saturated heterocycles. The Labute approximate surface area is 181 Å². The van der Waals surface area contributed by atoms with Crippen molar-refractivity contribution in [2.45, 2.75) is 29.3 Å². The first-order valence-electron chi connectivity index (χ1n) is 9.87. The molecule has 0 bridgehead atoms. The maximum absolute atomic E-state index is 13.0. The van der Waals surface area contributed by atoms with Crippen LogP contribution < -0.4 is 4.74 Å². The minimum Gasteiger partial charge on any atom is -0.497 e. The third-order valence-corrected chi connectivity index (χ3v) is 8.05. The molecule has 0 unspecified atom stereocenters. The molecule has 1 aliphatic heterocycles. The Hall–Kier alpha value is -2.07. The lowest BCUT2D eigenvalue weighted by Gasteiger charge is -2.26. The summed E-state index contributed by atoms with van der Waals surface area (Å²) in [5.74, 6) is 1.58. The summed E-state index contributed by atoms with van der Waals surface area (Å²) in [5.41, 5.74) is 2.77. The minimum atomic E-state index is -3.54. The van der Waals surface area contributed by atoms with Gasteiger partial charge in [0.1, 0.15) is 5.75 Å². The fourth-order valence-corrected chi connectivity index (χ4v) is 5.96. The zero-order chi connectivity index (χ0) is 21.1. The molecule has 0 radical (unpaired) electrons. The predicted molar refractivity (Wildman–Crippen MR) is 118 cm³/mol. The normalized spacial score (nSPS) is 15.5. The number of thioether (sulfide) groups is 1. The average Bonchev–Trinajstić information content (AvgIpc) is 3.15. The number of morpholine rings is 1. The average molecular weight is 448 g/mol. The number of sulfonamides is 1. The maximum Gasteiger partial charge on any atom is 0.243 e. The fraction of sp³-hybridized carbons (Fsp3) is 0.381. The standard InChI is InChI=1S/C21H25N3O4S2/c1-3-24-20-8-7-18(30(25,26)23-9-11-28-12-10-23)14-19(20)22-21(24)29-15-16-5-4-6-17(13-16)27-2/h4-8,13-14H,3,9-12,15H2,1-2H3. The van der Waals surface area contributed by atoms with Gasteiger partial charge in [-0.25, -0.2) is 13.4 Å². The van der Waals surface area contributed by atoms with Crippen LogP contribution in [-0.2, 0) is 27.1 Å². The molecule has 0 saturated carbocycles. The third-order valence-electron chi connectivity index (χ3n) is 5.11. The van der Waals surface area contributed by atoms with E-state index in [1.54, 1.807) is 31.0 Å². The van der Waals surface area contributed by atoms with Gasteiger partial charge >= 0.3 is 0 Å². The fourth-order valence-electron chi connectivity index (χ4n) is 3.51. The first-order chi connectivity index (χ1) is 14.5. The second-order valence-corrected chi connectivity index (χ2v) is 9.83. The van der Waals surface area contributed by atoms with Crippen LogP contribution in [0.15, 0.2) is 52.5 Å². The van der Waals surface area contributed by atoms with E-state index in [-0.39, 0.29) is 4.90 Å². The van der Waals surface area contributed by atoms with Crippen molar-refractivity contribution in [1.29, 1.82) is 0 Å². The van der Waals surface area contributed by atoms with Crippen LogP contribution in [-0.4, -0.2) is 55.7 Å². The molecule has 160 valence electrons. The van der Waals surface area contributed by atoms with E-state index in [0.717, 1.165) is 34.3 Å². The summed E-state index contributed by atoms with van der Waals surface area (Å²) in [6, 6.07) is 13.2. The van der Waals surface area contributed by atoms with Crippen LogP contribution in [0, 0.1) is 0 Å². The van der Waals surface area contributed by atoms with Crippen molar-refractivity contribution in [3.05, 3.63) is 48.0 Å². The highest BCUT2D eigenvalue weighted by molar-refractivity contribution is 7.98. The van der Waals surface area contributed by atoms with E-state index in [0.29, 0.717) is 31.8 Å². The van der Waals surface area contributed by atoms with Crippen molar-refractivity contribution in [2.24, 2.45) is 0 Å². The highest BCUT2D eigenvalue weighted by Crippen LogP contribution is 2.29. The number of methoxy groups -OCH3 is 1. The maximum atomic E-state index is 13.0. The van der Waals surface area contributed by atoms with Crippen molar-refractivity contribution in [3.63, 3.8) is 0 Å². The van der Waals surface area contributed by atoms with Gasteiger partial charge in [-0.05, 0) is 42.8 Å². The van der Waals surface area contributed by atoms with Gasteiger partial charge < -0.3 is 14.0 Å². The molecule has 2 aromatic carbocycles. The van der Waals surface area contributed by atoms with Crippen LogP contribution in [0.2, 0.25) is 0 Å². The molecule has 2 heterocycles. The largest absolute Gasteiger partial charge is 0.497 e. The van der Waals surface area contributed by atoms with Gasteiger partial charge in [0.05, 0.1) is 36.3 Å². The summed E-state index contributed by atoms with van der Waals surface area (Å²) in [7, 11) is -1.89. The molecular weight excluding hydrogens is 422 g/mol. The number of fused-ring (bicyclic) bond motifs is 1. The van der Waals surface area contributed by atoms with Gasteiger partial charge in [-0.3, -0.25) is 0 Å². The van der Waals surface area contributed by atoms with E-state index in [2.05, 4.69) is 17.6 Å². The number of aryl methyl sites for hydroxylation is 1. The molecule has 0 spiro atoms. The second-order valence-electron chi connectivity index (χ2n) is 6.95. The zero-order valence-corrected chi connectivity index (χ0v) is 18.7. The highest BCUT2D eigenvalue weighted by atomic mass is 32.2. The summed E-state index contributed by atoms with van der Waals surface area (Å²) < 4.78 is 40.1. The van der Waals surface area contributed by atoms with Crippen molar-refractivity contribution < 1.29 is 17.9 Å². The number of aromatic nitrogens is 2. The first-order valence-corrected chi connectivity index (χ1v) is 12.3. The number of nitrogens with zero attached hydrogens (tertiary/aromatic N) is 3. The molecule has 3 aromatic rings. The smallest absolute Gasteiger partial charge is 0.243 e. The first kappa shape index (κ1) is 21.2. The lowest BCUT2D eigenvalue weighted by atomic mass is 10.2. The molecule has 1 aromatic heterocycles. The molecule has 4 rings (SSSR count). The topological polar surface area (TPSA) is 73.7 Å². The molecule has 1 fully saturated rings. The third kappa shape index (κ3) is 4.20. The van der Waals surface area contributed by atoms with Gasteiger partial charge in [-0.2, -0.15) is 4.31 Å². The Bertz CT molecular complexity index is 1140. The molecule has 1 aliphatic rings. The highest BCUT2D eigenvalue weighted by Gasteiger charge is 2.27. The van der Waals surface area contributed by atoms with Gasteiger partial charge in [0.15, 0.2) is 5.16 Å². The van der Waals surface area contributed by atoms with Gasteiger partial charge in [0.2, 0.25) is 10.0 Å². The van der Waals surface area contributed by atoms with Gasteiger partial charge in [-0.1, -0.05) is 23.9 Å². The van der Waals surface area contributed by atoms with Crippen molar-refractivity contribution in [3.8, 4) is 5.75 Å². The molecular formula is C21H25N3O4S2. The Morgan fingerprint density at radius 1 is 1.17 bits per heavy atom. The Balaban J connectivity index is 1.61. The van der Waals surface area contributed by atoms with Crippen LogP contribution in [0.5, 0.6) is 5.75 Å².